The molecule has 1 aromatic heterocycles. The second-order valence-electron chi connectivity index (χ2n) is 7.56. The number of hydrogen-bond acceptors (Lipinski definition) is 6. The van der Waals surface area contributed by atoms with E-state index in [1.54, 1.807) is 67.8 Å². The zero-order valence-corrected chi connectivity index (χ0v) is 20.0. The smallest absolute Gasteiger partial charge is 0.301 e. The third kappa shape index (κ3) is 3.81. The van der Waals surface area contributed by atoms with Crippen molar-refractivity contribution in [2.75, 3.05) is 12.0 Å². The lowest BCUT2D eigenvalue weighted by Crippen LogP contribution is -2.29. The molecule has 1 N–H and O–H groups in total. The van der Waals surface area contributed by atoms with Crippen LogP contribution in [0.5, 0.6) is 5.75 Å². The molecule has 5 rings (SSSR count). The molecule has 0 spiro atoms. The maximum atomic E-state index is 13.3. The van der Waals surface area contributed by atoms with Gasteiger partial charge in [-0.2, -0.15) is 0 Å². The number of fused-ring (bicyclic) bond motifs is 1. The highest BCUT2D eigenvalue weighted by Gasteiger charge is 2.48. The number of anilines is 1. The SMILES string of the molecule is COc1ccc2nc(N3C(=O)C(=O)C(=C(O)c4ccc(Cl)cc4)[C@@H]3c3cccc(Cl)c3)sc2c1. The van der Waals surface area contributed by atoms with Gasteiger partial charge in [0.1, 0.15) is 11.5 Å². The lowest BCUT2D eigenvalue weighted by molar-refractivity contribution is -0.132. The van der Waals surface area contributed by atoms with Gasteiger partial charge in [-0.15, -0.1) is 0 Å². The third-order valence-electron chi connectivity index (χ3n) is 5.52. The molecule has 0 unspecified atom stereocenters. The summed E-state index contributed by atoms with van der Waals surface area (Å²) in [5, 5.41) is 12.4. The van der Waals surface area contributed by atoms with Crippen molar-refractivity contribution in [3.8, 4) is 5.75 Å². The summed E-state index contributed by atoms with van der Waals surface area (Å²) in [5.74, 6) is -1.25. The number of aromatic nitrogens is 1. The fourth-order valence-corrected chi connectivity index (χ4v) is 5.25. The largest absolute Gasteiger partial charge is 0.507 e. The summed E-state index contributed by atoms with van der Waals surface area (Å²) >= 11 is 13.5. The number of ether oxygens (including phenoxy) is 1. The van der Waals surface area contributed by atoms with Gasteiger partial charge in [-0.05, 0) is 60.2 Å². The number of aliphatic hydroxyl groups is 1. The van der Waals surface area contributed by atoms with E-state index in [2.05, 4.69) is 4.98 Å². The van der Waals surface area contributed by atoms with Gasteiger partial charge in [0.05, 0.1) is 28.9 Å². The molecule has 4 aromatic rings. The van der Waals surface area contributed by atoms with Crippen molar-refractivity contribution in [3.05, 3.63) is 93.5 Å². The van der Waals surface area contributed by atoms with E-state index in [0.29, 0.717) is 37.6 Å². The first-order chi connectivity index (χ1) is 16.4. The Labute approximate surface area is 208 Å². The number of benzene rings is 3. The number of aliphatic hydroxyl groups excluding tert-OH is 1. The van der Waals surface area contributed by atoms with E-state index in [1.807, 2.05) is 6.07 Å². The van der Waals surface area contributed by atoms with E-state index < -0.39 is 17.7 Å². The van der Waals surface area contributed by atoms with Crippen LogP contribution in [0.25, 0.3) is 16.0 Å². The number of ketones is 1. The molecule has 1 aliphatic rings. The highest BCUT2D eigenvalue weighted by atomic mass is 35.5. The first-order valence-electron chi connectivity index (χ1n) is 10.1. The minimum atomic E-state index is -0.920. The summed E-state index contributed by atoms with van der Waals surface area (Å²) in [7, 11) is 1.57. The van der Waals surface area contributed by atoms with Crippen molar-refractivity contribution in [2.45, 2.75) is 6.04 Å². The van der Waals surface area contributed by atoms with Crippen molar-refractivity contribution in [2.24, 2.45) is 0 Å². The Morgan fingerprint density at radius 3 is 2.50 bits per heavy atom. The van der Waals surface area contributed by atoms with Crippen LogP contribution in [-0.4, -0.2) is 28.9 Å². The molecule has 170 valence electrons. The standard InChI is InChI=1S/C25H16Cl2N2O4S/c1-33-17-9-10-18-19(12-17)34-25(28-18)29-21(14-3-2-4-16(27)11-14)20(23(31)24(29)32)22(30)13-5-7-15(26)8-6-13/h2-12,21,30H,1H3/t21-/m0/s1. The lowest BCUT2D eigenvalue weighted by Gasteiger charge is -2.23. The molecule has 1 aliphatic heterocycles. The Morgan fingerprint density at radius 1 is 1.03 bits per heavy atom. The molecule has 1 amide bonds. The van der Waals surface area contributed by atoms with Gasteiger partial charge < -0.3 is 9.84 Å². The van der Waals surface area contributed by atoms with Crippen molar-refractivity contribution in [1.29, 1.82) is 0 Å². The van der Waals surface area contributed by atoms with Crippen molar-refractivity contribution < 1.29 is 19.4 Å². The summed E-state index contributed by atoms with van der Waals surface area (Å²) in [6.45, 7) is 0. The van der Waals surface area contributed by atoms with E-state index >= 15 is 0 Å². The number of carbonyl (C=O) groups is 2. The molecule has 6 nitrogen and oxygen atoms in total. The van der Waals surface area contributed by atoms with Gasteiger partial charge in [-0.3, -0.25) is 14.5 Å². The van der Waals surface area contributed by atoms with Crippen LogP contribution in [0, 0.1) is 0 Å². The first-order valence-corrected chi connectivity index (χ1v) is 11.7. The number of amides is 1. The average Bonchev–Trinajstić information content (AvgIpc) is 3.36. The van der Waals surface area contributed by atoms with Gasteiger partial charge in [-0.1, -0.05) is 46.7 Å². The molecular weight excluding hydrogens is 495 g/mol. The van der Waals surface area contributed by atoms with Crippen LogP contribution in [-0.2, 0) is 9.59 Å². The Kier molecular flexibility index (Phi) is 5.77. The van der Waals surface area contributed by atoms with Crippen LogP contribution in [0.2, 0.25) is 10.0 Å². The Bertz CT molecular complexity index is 1480. The number of rotatable bonds is 4. The highest BCUT2D eigenvalue weighted by molar-refractivity contribution is 7.22. The van der Waals surface area contributed by atoms with Crippen molar-refractivity contribution in [1.82, 2.24) is 4.98 Å². The molecule has 2 heterocycles. The van der Waals surface area contributed by atoms with Crippen LogP contribution >= 0.6 is 34.5 Å². The lowest BCUT2D eigenvalue weighted by atomic mass is 9.95. The van der Waals surface area contributed by atoms with Crippen LogP contribution in [0.15, 0.2) is 72.3 Å². The number of halogens is 2. The summed E-state index contributed by atoms with van der Waals surface area (Å²) in [6, 6.07) is 17.7. The Balaban J connectivity index is 1.72. The Hall–Kier alpha value is -3.39. The number of nitrogens with zero attached hydrogens (tertiary/aromatic N) is 2. The molecule has 3 aromatic carbocycles. The van der Waals surface area contributed by atoms with Crippen molar-refractivity contribution in [3.63, 3.8) is 0 Å². The van der Waals surface area contributed by atoms with Gasteiger partial charge in [0, 0.05) is 15.6 Å². The molecule has 0 bridgehead atoms. The molecule has 0 aliphatic carbocycles. The number of hydrogen-bond donors (Lipinski definition) is 1. The molecule has 1 fully saturated rings. The highest BCUT2D eigenvalue weighted by Crippen LogP contribution is 2.45. The van der Waals surface area contributed by atoms with Gasteiger partial charge in [-0.25, -0.2) is 4.98 Å². The number of methoxy groups -OCH3 is 1. The molecular formula is C25H16Cl2N2O4S. The fourth-order valence-electron chi connectivity index (χ4n) is 3.91. The minimum absolute atomic E-state index is 0.0496. The van der Waals surface area contributed by atoms with Crippen LogP contribution in [0.1, 0.15) is 17.2 Å². The second-order valence-corrected chi connectivity index (χ2v) is 9.44. The third-order valence-corrected chi connectivity index (χ3v) is 7.02. The summed E-state index contributed by atoms with van der Waals surface area (Å²) in [5.41, 5.74) is 1.54. The monoisotopic (exact) mass is 510 g/mol. The quantitative estimate of drug-likeness (QED) is 0.199. The van der Waals surface area contributed by atoms with E-state index in [9.17, 15) is 14.7 Å². The summed E-state index contributed by atoms with van der Waals surface area (Å²) in [6.07, 6.45) is 0. The van der Waals surface area contributed by atoms with Gasteiger partial charge >= 0.3 is 5.91 Å². The number of carbonyl (C=O) groups excluding carboxylic acids is 2. The summed E-state index contributed by atoms with van der Waals surface area (Å²) in [4.78, 5) is 32.4. The minimum Gasteiger partial charge on any atom is -0.507 e. The molecule has 1 atom stereocenters. The van der Waals surface area contributed by atoms with Gasteiger partial charge in [0.2, 0.25) is 0 Å². The predicted octanol–water partition coefficient (Wildman–Crippen LogP) is 6.24. The zero-order valence-electron chi connectivity index (χ0n) is 17.7. The Morgan fingerprint density at radius 2 is 1.79 bits per heavy atom. The van der Waals surface area contributed by atoms with Crippen molar-refractivity contribution >= 4 is 67.3 Å². The molecule has 0 saturated carbocycles. The average molecular weight is 511 g/mol. The van der Waals surface area contributed by atoms with Crippen LogP contribution < -0.4 is 9.64 Å². The van der Waals surface area contributed by atoms with E-state index in [-0.39, 0.29) is 11.3 Å². The second kappa shape index (κ2) is 8.76. The zero-order chi connectivity index (χ0) is 24.0. The maximum Gasteiger partial charge on any atom is 0.301 e. The molecule has 1 saturated heterocycles. The topological polar surface area (TPSA) is 79.7 Å². The van der Waals surface area contributed by atoms with Crippen LogP contribution in [0.3, 0.4) is 0 Å². The first kappa shape index (κ1) is 22.4. The van der Waals surface area contributed by atoms with E-state index in [4.69, 9.17) is 27.9 Å². The summed E-state index contributed by atoms with van der Waals surface area (Å²) < 4.78 is 6.07. The normalized spacial score (nSPS) is 17.5. The number of thiazole rings is 1. The predicted molar refractivity (Wildman–Crippen MR) is 134 cm³/mol. The fraction of sp³-hybridized carbons (Fsp3) is 0.0800. The van der Waals surface area contributed by atoms with Crippen LogP contribution in [0.4, 0.5) is 5.13 Å². The van der Waals surface area contributed by atoms with E-state index in [1.165, 1.54) is 16.2 Å². The van der Waals surface area contributed by atoms with E-state index in [0.717, 1.165) is 4.70 Å². The molecule has 0 radical (unpaired) electrons. The maximum absolute atomic E-state index is 13.3. The number of Topliss-reactive ketones (excluding diaryl/α,β-unsaturated/α-hetero) is 1. The van der Waals surface area contributed by atoms with Gasteiger partial charge in [0.25, 0.3) is 5.78 Å². The molecule has 9 heteroatoms. The molecule has 34 heavy (non-hydrogen) atoms. The van der Waals surface area contributed by atoms with Gasteiger partial charge in [0.15, 0.2) is 5.13 Å².